The molecular weight excluding hydrogens is 254 g/mol. The summed E-state index contributed by atoms with van der Waals surface area (Å²) in [7, 11) is -3.45. The molecule has 18 heavy (non-hydrogen) atoms. The zero-order valence-electron chi connectivity index (χ0n) is 10.9. The van der Waals surface area contributed by atoms with Gasteiger partial charge in [-0.15, -0.1) is 0 Å². The van der Waals surface area contributed by atoms with Gasteiger partial charge in [0.05, 0.1) is 17.9 Å². The Hall–Kier alpha value is -0.660. The van der Waals surface area contributed by atoms with Crippen molar-refractivity contribution in [3.05, 3.63) is 0 Å². The predicted molar refractivity (Wildman–Crippen MR) is 71.1 cm³/mol. The Labute approximate surface area is 109 Å². The van der Waals surface area contributed by atoms with Gasteiger partial charge in [0.2, 0.25) is 10.0 Å². The molecular formula is C11H23N3O3S. The van der Waals surface area contributed by atoms with Crippen LogP contribution in [0.5, 0.6) is 0 Å². The molecule has 106 valence electrons. The molecule has 0 radical (unpaired) electrons. The van der Waals surface area contributed by atoms with Gasteiger partial charge in [0, 0.05) is 6.61 Å². The zero-order valence-corrected chi connectivity index (χ0v) is 11.7. The summed E-state index contributed by atoms with van der Waals surface area (Å²) in [4.78, 5) is 0. The van der Waals surface area contributed by atoms with Crippen molar-refractivity contribution >= 4 is 15.9 Å². The molecule has 0 saturated heterocycles. The van der Waals surface area contributed by atoms with E-state index in [2.05, 4.69) is 4.72 Å². The van der Waals surface area contributed by atoms with E-state index in [1.807, 2.05) is 6.92 Å². The first-order valence-electron chi connectivity index (χ1n) is 6.36. The van der Waals surface area contributed by atoms with Crippen LogP contribution in [-0.2, 0) is 14.8 Å². The molecule has 0 bridgehead atoms. The molecule has 0 atom stereocenters. The van der Waals surface area contributed by atoms with Gasteiger partial charge in [-0.1, -0.05) is 19.3 Å². The molecule has 4 N–H and O–H groups in total. The highest BCUT2D eigenvalue weighted by Crippen LogP contribution is 2.28. The third kappa shape index (κ3) is 4.22. The topological polar surface area (TPSA) is 105 Å². The standard InChI is InChI=1S/C11H23N3O3S/c1-2-17-8-9-18(15,16)14-11(10(12)13)6-4-3-5-7-11/h14H,2-9H2,1H3,(H3,12,13). The maximum absolute atomic E-state index is 11.9. The van der Waals surface area contributed by atoms with E-state index < -0.39 is 15.6 Å². The summed E-state index contributed by atoms with van der Waals surface area (Å²) in [5, 5.41) is 7.65. The van der Waals surface area contributed by atoms with Crippen molar-refractivity contribution in [2.75, 3.05) is 19.0 Å². The van der Waals surface area contributed by atoms with Gasteiger partial charge in [0.1, 0.15) is 5.84 Å². The minimum Gasteiger partial charge on any atom is -0.386 e. The van der Waals surface area contributed by atoms with Crippen LogP contribution in [0.1, 0.15) is 39.0 Å². The number of rotatable bonds is 7. The number of hydrogen-bond donors (Lipinski definition) is 3. The van der Waals surface area contributed by atoms with Crippen LogP contribution < -0.4 is 10.5 Å². The largest absolute Gasteiger partial charge is 0.386 e. The summed E-state index contributed by atoms with van der Waals surface area (Å²) in [6.07, 6.45) is 4.07. The fourth-order valence-electron chi connectivity index (χ4n) is 2.24. The molecule has 0 spiro atoms. The Kier molecular flexibility index (Phi) is 5.55. The van der Waals surface area contributed by atoms with Crippen molar-refractivity contribution in [3.63, 3.8) is 0 Å². The minimum atomic E-state index is -3.45. The van der Waals surface area contributed by atoms with Crippen molar-refractivity contribution in [1.29, 1.82) is 5.41 Å². The second kappa shape index (κ2) is 6.49. The number of ether oxygens (including phenoxy) is 1. The van der Waals surface area contributed by atoms with Crippen LogP contribution in [0.4, 0.5) is 0 Å². The first-order valence-corrected chi connectivity index (χ1v) is 8.01. The first kappa shape index (κ1) is 15.4. The first-order chi connectivity index (χ1) is 8.42. The van der Waals surface area contributed by atoms with E-state index in [0.717, 1.165) is 19.3 Å². The van der Waals surface area contributed by atoms with E-state index in [4.69, 9.17) is 15.9 Å². The van der Waals surface area contributed by atoms with Crippen molar-refractivity contribution in [2.24, 2.45) is 5.73 Å². The predicted octanol–water partition coefficient (Wildman–Crippen LogP) is 0.581. The summed E-state index contributed by atoms with van der Waals surface area (Å²) in [5.41, 5.74) is 4.72. The number of nitrogens with two attached hydrogens (primary N) is 1. The van der Waals surface area contributed by atoms with Gasteiger partial charge in [-0.05, 0) is 19.8 Å². The maximum atomic E-state index is 11.9. The van der Waals surface area contributed by atoms with Crippen LogP contribution in [0.2, 0.25) is 0 Å². The minimum absolute atomic E-state index is 0.0813. The van der Waals surface area contributed by atoms with Crippen molar-refractivity contribution in [1.82, 2.24) is 4.72 Å². The van der Waals surface area contributed by atoms with Gasteiger partial charge in [0.25, 0.3) is 0 Å². The molecule has 7 heteroatoms. The highest BCUT2D eigenvalue weighted by molar-refractivity contribution is 7.89. The third-order valence-electron chi connectivity index (χ3n) is 3.27. The van der Waals surface area contributed by atoms with E-state index in [-0.39, 0.29) is 18.2 Å². The average molecular weight is 277 g/mol. The SMILES string of the molecule is CCOCCS(=O)(=O)NC1(C(=N)N)CCCCC1. The summed E-state index contributed by atoms with van der Waals surface area (Å²) < 4.78 is 31.5. The molecule has 1 aliphatic carbocycles. The fraction of sp³-hybridized carbons (Fsp3) is 0.909. The Morgan fingerprint density at radius 2 is 2.00 bits per heavy atom. The van der Waals surface area contributed by atoms with Gasteiger partial charge in [-0.25, -0.2) is 13.1 Å². The van der Waals surface area contributed by atoms with Crippen LogP contribution >= 0.6 is 0 Å². The Balaban J connectivity index is 2.68. The molecule has 0 aromatic heterocycles. The average Bonchev–Trinajstić information content (AvgIpc) is 2.29. The molecule has 1 fully saturated rings. The quantitative estimate of drug-likeness (QED) is 0.359. The number of amidine groups is 1. The highest BCUT2D eigenvalue weighted by atomic mass is 32.2. The lowest BCUT2D eigenvalue weighted by molar-refractivity contribution is 0.163. The van der Waals surface area contributed by atoms with Crippen LogP contribution in [0.3, 0.4) is 0 Å². The lowest BCUT2D eigenvalue weighted by Crippen LogP contribution is -2.58. The van der Waals surface area contributed by atoms with E-state index in [0.29, 0.717) is 19.4 Å². The Bertz CT molecular complexity index is 375. The van der Waals surface area contributed by atoms with Gasteiger partial charge in [-0.2, -0.15) is 0 Å². The van der Waals surface area contributed by atoms with Crippen LogP contribution in [-0.4, -0.2) is 38.8 Å². The zero-order chi connectivity index (χ0) is 13.6. The smallest absolute Gasteiger partial charge is 0.214 e. The molecule has 1 rings (SSSR count). The molecule has 0 aromatic carbocycles. The lowest BCUT2D eigenvalue weighted by Gasteiger charge is -2.36. The molecule has 0 amide bonds. The molecule has 0 aliphatic heterocycles. The number of sulfonamides is 1. The Morgan fingerprint density at radius 3 is 2.50 bits per heavy atom. The third-order valence-corrected chi connectivity index (χ3v) is 4.68. The monoisotopic (exact) mass is 277 g/mol. The van der Waals surface area contributed by atoms with E-state index in [1.165, 1.54) is 0 Å². The number of nitrogens with one attached hydrogen (secondary N) is 2. The second-order valence-electron chi connectivity index (χ2n) is 4.67. The summed E-state index contributed by atoms with van der Waals surface area (Å²) in [5.74, 6) is -0.169. The normalized spacial score (nSPS) is 19.6. The maximum Gasteiger partial charge on any atom is 0.214 e. The van der Waals surface area contributed by atoms with Crippen molar-refractivity contribution < 1.29 is 13.2 Å². The van der Waals surface area contributed by atoms with Gasteiger partial charge in [0.15, 0.2) is 0 Å². The van der Waals surface area contributed by atoms with Crippen LogP contribution in [0.15, 0.2) is 0 Å². The van der Waals surface area contributed by atoms with Gasteiger partial charge in [-0.3, -0.25) is 5.41 Å². The van der Waals surface area contributed by atoms with Crippen molar-refractivity contribution in [2.45, 2.75) is 44.6 Å². The Morgan fingerprint density at radius 1 is 1.39 bits per heavy atom. The molecule has 0 unspecified atom stereocenters. The van der Waals surface area contributed by atoms with E-state index in [1.54, 1.807) is 0 Å². The van der Waals surface area contributed by atoms with Gasteiger partial charge < -0.3 is 10.5 Å². The molecule has 6 nitrogen and oxygen atoms in total. The molecule has 0 heterocycles. The van der Waals surface area contributed by atoms with Crippen LogP contribution in [0.25, 0.3) is 0 Å². The second-order valence-corrected chi connectivity index (χ2v) is 6.52. The lowest BCUT2D eigenvalue weighted by atomic mass is 9.82. The number of hydrogen-bond acceptors (Lipinski definition) is 4. The molecule has 0 aromatic rings. The summed E-state index contributed by atoms with van der Waals surface area (Å²) >= 11 is 0. The molecule has 1 aliphatic rings. The molecule has 1 saturated carbocycles. The van der Waals surface area contributed by atoms with Gasteiger partial charge >= 0.3 is 0 Å². The van der Waals surface area contributed by atoms with E-state index >= 15 is 0 Å². The summed E-state index contributed by atoms with van der Waals surface area (Å²) in [6, 6.07) is 0. The highest BCUT2D eigenvalue weighted by Gasteiger charge is 2.38. The summed E-state index contributed by atoms with van der Waals surface area (Å²) in [6.45, 7) is 2.48. The van der Waals surface area contributed by atoms with E-state index in [9.17, 15) is 8.42 Å². The fourth-order valence-corrected chi connectivity index (χ4v) is 3.59. The van der Waals surface area contributed by atoms with Crippen LogP contribution in [0, 0.1) is 5.41 Å². The van der Waals surface area contributed by atoms with Crippen molar-refractivity contribution in [3.8, 4) is 0 Å².